The van der Waals surface area contributed by atoms with Crippen molar-refractivity contribution >= 4 is 5.91 Å². The molecule has 0 aromatic rings. The Morgan fingerprint density at radius 1 is 1.75 bits per heavy atom. The van der Waals surface area contributed by atoms with Gasteiger partial charge in [0.15, 0.2) is 0 Å². The SMILES string of the molecule is CC(=O)N1CCNC[C@@H](CO)C1. The number of aliphatic hydroxyl groups excluding tert-OH is 1. The van der Waals surface area contributed by atoms with Crippen LogP contribution in [-0.2, 0) is 4.79 Å². The van der Waals surface area contributed by atoms with Crippen LogP contribution in [0.15, 0.2) is 0 Å². The summed E-state index contributed by atoms with van der Waals surface area (Å²) in [6.07, 6.45) is 0. The fraction of sp³-hybridized carbons (Fsp3) is 0.875. The van der Waals surface area contributed by atoms with Gasteiger partial charge in [0.05, 0.1) is 0 Å². The number of carbonyl (C=O) groups excluding carboxylic acids is 1. The number of nitrogens with one attached hydrogen (secondary N) is 1. The lowest BCUT2D eigenvalue weighted by Gasteiger charge is -2.21. The minimum absolute atomic E-state index is 0.0946. The molecular weight excluding hydrogens is 156 g/mol. The predicted octanol–water partition coefficient (Wildman–Crippen LogP) is -0.953. The maximum absolute atomic E-state index is 11.0. The van der Waals surface area contributed by atoms with E-state index in [2.05, 4.69) is 5.32 Å². The molecule has 1 aliphatic rings. The van der Waals surface area contributed by atoms with Gasteiger partial charge >= 0.3 is 0 Å². The third-order valence-corrected chi connectivity index (χ3v) is 2.17. The molecular formula is C8H16N2O2. The molecule has 1 atom stereocenters. The first-order chi connectivity index (χ1) is 5.74. The van der Waals surface area contributed by atoms with Crippen LogP contribution in [0.25, 0.3) is 0 Å². The van der Waals surface area contributed by atoms with Crippen LogP contribution in [0.1, 0.15) is 6.92 Å². The summed E-state index contributed by atoms with van der Waals surface area (Å²) in [4.78, 5) is 12.8. The quantitative estimate of drug-likeness (QED) is 0.536. The van der Waals surface area contributed by atoms with E-state index in [1.54, 1.807) is 11.8 Å². The summed E-state index contributed by atoms with van der Waals surface area (Å²) in [5, 5.41) is 12.1. The minimum Gasteiger partial charge on any atom is -0.396 e. The van der Waals surface area contributed by atoms with Crippen LogP contribution in [0.4, 0.5) is 0 Å². The van der Waals surface area contributed by atoms with Crippen molar-refractivity contribution in [3.63, 3.8) is 0 Å². The normalized spacial score (nSPS) is 25.2. The molecule has 0 radical (unpaired) electrons. The van der Waals surface area contributed by atoms with E-state index >= 15 is 0 Å². The van der Waals surface area contributed by atoms with E-state index in [1.807, 2.05) is 0 Å². The van der Waals surface area contributed by atoms with E-state index < -0.39 is 0 Å². The molecule has 0 bridgehead atoms. The van der Waals surface area contributed by atoms with Crippen LogP contribution in [0, 0.1) is 5.92 Å². The van der Waals surface area contributed by atoms with Crippen molar-refractivity contribution in [1.29, 1.82) is 0 Å². The highest BCUT2D eigenvalue weighted by Crippen LogP contribution is 2.02. The molecule has 0 aromatic carbocycles. The van der Waals surface area contributed by atoms with Crippen LogP contribution in [0.2, 0.25) is 0 Å². The number of aliphatic hydroxyl groups is 1. The second-order valence-corrected chi connectivity index (χ2v) is 3.22. The molecule has 0 unspecified atom stereocenters. The van der Waals surface area contributed by atoms with Crippen LogP contribution in [0.5, 0.6) is 0 Å². The molecule has 1 aliphatic heterocycles. The summed E-state index contributed by atoms with van der Waals surface area (Å²) in [7, 11) is 0. The maximum Gasteiger partial charge on any atom is 0.219 e. The fourth-order valence-electron chi connectivity index (χ4n) is 1.40. The summed E-state index contributed by atoms with van der Waals surface area (Å²) in [5.74, 6) is 0.286. The Labute approximate surface area is 72.6 Å². The molecule has 1 rings (SSSR count). The molecule has 0 spiro atoms. The Morgan fingerprint density at radius 3 is 3.08 bits per heavy atom. The van der Waals surface area contributed by atoms with Gasteiger partial charge in [-0.2, -0.15) is 0 Å². The molecule has 1 heterocycles. The van der Waals surface area contributed by atoms with Crippen molar-refractivity contribution in [1.82, 2.24) is 10.2 Å². The van der Waals surface area contributed by atoms with Gasteiger partial charge in [-0.1, -0.05) is 0 Å². The number of carbonyl (C=O) groups is 1. The Kier molecular flexibility index (Phi) is 3.49. The van der Waals surface area contributed by atoms with E-state index in [0.29, 0.717) is 6.54 Å². The van der Waals surface area contributed by atoms with Crippen LogP contribution in [-0.4, -0.2) is 48.7 Å². The first-order valence-corrected chi connectivity index (χ1v) is 4.31. The molecule has 0 aromatic heterocycles. The number of nitrogens with zero attached hydrogens (tertiary/aromatic N) is 1. The van der Waals surface area contributed by atoms with Gasteiger partial charge in [0, 0.05) is 45.6 Å². The van der Waals surface area contributed by atoms with Crippen LogP contribution >= 0.6 is 0 Å². The molecule has 1 amide bonds. The van der Waals surface area contributed by atoms with Crippen LogP contribution in [0.3, 0.4) is 0 Å². The Balaban J connectivity index is 2.47. The summed E-state index contributed by atoms with van der Waals surface area (Å²) in [6, 6.07) is 0. The third-order valence-electron chi connectivity index (χ3n) is 2.17. The first kappa shape index (κ1) is 9.48. The summed E-state index contributed by atoms with van der Waals surface area (Å²) < 4.78 is 0. The molecule has 1 saturated heterocycles. The monoisotopic (exact) mass is 172 g/mol. The van der Waals surface area contributed by atoms with E-state index in [9.17, 15) is 4.79 Å². The highest BCUT2D eigenvalue weighted by atomic mass is 16.3. The molecule has 4 nitrogen and oxygen atoms in total. The van der Waals surface area contributed by atoms with E-state index in [0.717, 1.165) is 19.6 Å². The molecule has 1 fully saturated rings. The minimum atomic E-state index is 0.0946. The summed E-state index contributed by atoms with van der Waals surface area (Å²) in [5.41, 5.74) is 0. The van der Waals surface area contributed by atoms with E-state index in [1.165, 1.54) is 0 Å². The second-order valence-electron chi connectivity index (χ2n) is 3.22. The lowest BCUT2D eigenvalue weighted by Crippen LogP contribution is -2.35. The molecule has 70 valence electrons. The highest BCUT2D eigenvalue weighted by Gasteiger charge is 2.18. The second kappa shape index (κ2) is 4.42. The van der Waals surface area contributed by atoms with Gasteiger partial charge in [-0.25, -0.2) is 0 Å². The molecule has 4 heteroatoms. The maximum atomic E-state index is 11.0. The largest absolute Gasteiger partial charge is 0.396 e. The first-order valence-electron chi connectivity index (χ1n) is 4.31. The predicted molar refractivity (Wildman–Crippen MR) is 45.7 cm³/mol. The van der Waals surface area contributed by atoms with Crippen molar-refractivity contribution in [2.24, 2.45) is 5.92 Å². The number of amides is 1. The summed E-state index contributed by atoms with van der Waals surface area (Å²) >= 11 is 0. The zero-order chi connectivity index (χ0) is 8.97. The van der Waals surface area contributed by atoms with Gasteiger partial charge in [-0.3, -0.25) is 4.79 Å². The van der Waals surface area contributed by atoms with E-state index in [-0.39, 0.29) is 18.4 Å². The number of rotatable bonds is 1. The third kappa shape index (κ3) is 2.46. The standard InChI is InChI=1S/C8H16N2O2/c1-7(12)10-3-2-9-4-8(5-10)6-11/h8-9,11H,2-6H2,1H3/t8-/m1/s1. The smallest absolute Gasteiger partial charge is 0.219 e. The van der Waals surface area contributed by atoms with Crippen molar-refractivity contribution in [3.05, 3.63) is 0 Å². The Hall–Kier alpha value is -0.610. The number of hydrogen-bond donors (Lipinski definition) is 2. The van der Waals surface area contributed by atoms with Gasteiger partial charge < -0.3 is 15.3 Å². The van der Waals surface area contributed by atoms with Crippen molar-refractivity contribution in [2.45, 2.75) is 6.92 Å². The average molecular weight is 172 g/mol. The van der Waals surface area contributed by atoms with Gasteiger partial charge in [0.25, 0.3) is 0 Å². The Bertz CT molecular complexity index is 161. The lowest BCUT2D eigenvalue weighted by molar-refractivity contribution is -0.129. The van der Waals surface area contributed by atoms with Gasteiger partial charge in [0.2, 0.25) is 5.91 Å². The fourth-order valence-corrected chi connectivity index (χ4v) is 1.40. The van der Waals surface area contributed by atoms with Crippen molar-refractivity contribution < 1.29 is 9.90 Å². The molecule has 0 saturated carbocycles. The van der Waals surface area contributed by atoms with Gasteiger partial charge in [0.1, 0.15) is 0 Å². The van der Waals surface area contributed by atoms with Crippen molar-refractivity contribution in [3.8, 4) is 0 Å². The van der Waals surface area contributed by atoms with Gasteiger partial charge in [-0.15, -0.1) is 0 Å². The van der Waals surface area contributed by atoms with Gasteiger partial charge in [-0.05, 0) is 0 Å². The van der Waals surface area contributed by atoms with E-state index in [4.69, 9.17) is 5.11 Å². The molecule has 0 aliphatic carbocycles. The summed E-state index contributed by atoms with van der Waals surface area (Å²) in [6.45, 7) is 4.79. The average Bonchev–Trinajstić information content (AvgIpc) is 2.28. The Morgan fingerprint density at radius 2 is 2.50 bits per heavy atom. The highest BCUT2D eigenvalue weighted by molar-refractivity contribution is 5.73. The zero-order valence-electron chi connectivity index (χ0n) is 7.42. The topological polar surface area (TPSA) is 52.6 Å². The van der Waals surface area contributed by atoms with Crippen molar-refractivity contribution in [2.75, 3.05) is 32.8 Å². The molecule has 2 N–H and O–H groups in total. The van der Waals surface area contributed by atoms with Crippen LogP contribution < -0.4 is 5.32 Å². The zero-order valence-corrected chi connectivity index (χ0v) is 7.42. The number of hydrogen-bond acceptors (Lipinski definition) is 3. The lowest BCUT2D eigenvalue weighted by atomic mass is 10.1. The molecule has 12 heavy (non-hydrogen) atoms.